The molecule has 0 saturated heterocycles. The molecule has 3 N–H and O–H groups in total. The number of para-hydroxylation sites is 1. The Bertz CT molecular complexity index is 1170. The van der Waals surface area contributed by atoms with Gasteiger partial charge in [0.1, 0.15) is 18.4 Å². The van der Waals surface area contributed by atoms with Crippen LogP contribution in [0.1, 0.15) is 36.8 Å². The van der Waals surface area contributed by atoms with Gasteiger partial charge in [-0.1, -0.05) is 51.1 Å². The van der Waals surface area contributed by atoms with Gasteiger partial charge in [0.2, 0.25) is 5.91 Å². The normalized spacial score (nSPS) is 12.4. The van der Waals surface area contributed by atoms with Crippen molar-refractivity contribution in [2.75, 3.05) is 6.54 Å². The third kappa shape index (κ3) is 5.29. The summed E-state index contributed by atoms with van der Waals surface area (Å²) in [6, 6.07) is 12.3. The summed E-state index contributed by atoms with van der Waals surface area (Å²) >= 11 is 0. The van der Waals surface area contributed by atoms with Gasteiger partial charge in [0, 0.05) is 5.39 Å². The first kappa shape index (κ1) is 22.9. The average Bonchev–Trinajstić information content (AvgIpc) is 3.08. The average molecular weight is 440 g/mol. The summed E-state index contributed by atoms with van der Waals surface area (Å²) < 4.78 is 15.2. The zero-order chi connectivity index (χ0) is 23.5. The minimum atomic E-state index is -1.18. The summed E-state index contributed by atoms with van der Waals surface area (Å²) in [6.45, 7) is 5.00. The Morgan fingerprint density at radius 2 is 1.84 bits per heavy atom. The molecule has 0 radical (unpaired) electrons. The van der Waals surface area contributed by atoms with Crippen LogP contribution in [0.4, 0.5) is 4.39 Å². The van der Waals surface area contributed by atoms with E-state index in [1.54, 1.807) is 55.8 Å². The maximum atomic E-state index is 13.6. The highest BCUT2D eigenvalue weighted by Gasteiger charge is 2.34. The van der Waals surface area contributed by atoms with Crippen molar-refractivity contribution in [2.24, 2.45) is 5.41 Å². The molecule has 0 spiro atoms. The van der Waals surface area contributed by atoms with Crippen LogP contribution in [-0.2, 0) is 16.1 Å². The molecule has 168 valence electrons. The molecule has 0 saturated carbocycles. The third-order valence-electron chi connectivity index (χ3n) is 4.91. The number of hydrogen-bond acceptors (Lipinski definition) is 4. The zero-order valence-corrected chi connectivity index (χ0v) is 18.1. The molecular formula is C23H25FN4O4. The first-order valence-corrected chi connectivity index (χ1v) is 10.1. The summed E-state index contributed by atoms with van der Waals surface area (Å²) in [5.41, 5.74) is 0.811. The number of halogens is 1. The number of aliphatic carboxylic acids is 1. The fourth-order valence-corrected chi connectivity index (χ4v) is 3.36. The number of benzene rings is 2. The van der Waals surface area contributed by atoms with Crippen molar-refractivity contribution in [2.45, 2.75) is 33.4 Å². The Kier molecular flexibility index (Phi) is 6.57. The monoisotopic (exact) mass is 440 g/mol. The molecule has 1 heterocycles. The van der Waals surface area contributed by atoms with Gasteiger partial charge in [0.15, 0.2) is 5.69 Å². The number of nitrogens with zero attached hydrogens (tertiary/aromatic N) is 2. The Labute approximate surface area is 184 Å². The minimum Gasteiger partial charge on any atom is -0.480 e. The number of aromatic nitrogens is 2. The number of carboxylic acid groups (broad SMARTS) is 1. The molecular weight excluding hydrogens is 415 g/mol. The molecule has 0 aliphatic heterocycles. The van der Waals surface area contributed by atoms with Crippen molar-refractivity contribution in [3.8, 4) is 0 Å². The van der Waals surface area contributed by atoms with Crippen molar-refractivity contribution in [3.63, 3.8) is 0 Å². The Balaban J connectivity index is 1.91. The highest BCUT2D eigenvalue weighted by atomic mass is 19.1. The molecule has 1 aromatic heterocycles. The molecule has 0 aliphatic rings. The molecule has 0 aliphatic carbocycles. The summed E-state index contributed by atoms with van der Waals surface area (Å²) in [4.78, 5) is 36.5. The van der Waals surface area contributed by atoms with Crippen LogP contribution < -0.4 is 10.6 Å². The van der Waals surface area contributed by atoms with E-state index in [0.29, 0.717) is 16.5 Å². The molecule has 1 atom stereocenters. The predicted molar refractivity (Wildman–Crippen MR) is 117 cm³/mol. The molecule has 3 rings (SSSR count). The molecule has 0 fully saturated rings. The van der Waals surface area contributed by atoms with E-state index < -0.39 is 35.8 Å². The first-order chi connectivity index (χ1) is 15.1. The number of amides is 2. The lowest BCUT2D eigenvalue weighted by molar-refractivity contribution is -0.138. The second kappa shape index (κ2) is 9.17. The third-order valence-corrected chi connectivity index (χ3v) is 4.91. The summed E-state index contributed by atoms with van der Waals surface area (Å²) in [7, 11) is 0. The number of fused-ring (bicyclic) bond motifs is 1. The van der Waals surface area contributed by atoms with E-state index in [-0.39, 0.29) is 18.1 Å². The highest BCUT2D eigenvalue weighted by molar-refractivity contribution is 6.06. The van der Waals surface area contributed by atoms with E-state index in [1.165, 1.54) is 12.1 Å². The number of rotatable bonds is 7. The van der Waals surface area contributed by atoms with Crippen LogP contribution in [-0.4, -0.2) is 45.3 Å². The molecule has 8 nitrogen and oxygen atoms in total. The van der Waals surface area contributed by atoms with Crippen LogP contribution in [0.3, 0.4) is 0 Å². The quantitative estimate of drug-likeness (QED) is 0.523. The maximum absolute atomic E-state index is 13.6. The standard InChI is InChI=1S/C23H25FN4O4/c1-23(2,3)20(22(32)25-12-18(29)30)26-21(31)19-16-9-4-5-10-17(16)28(27-19)13-14-7-6-8-15(24)11-14/h4-11,20H,12-13H2,1-3H3,(H,25,32)(H,26,31)(H,29,30). The van der Waals surface area contributed by atoms with Crippen LogP contribution in [0.15, 0.2) is 48.5 Å². The number of hydrogen-bond donors (Lipinski definition) is 3. The number of carbonyl (C=O) groups is 3. The molecule has 2 aromatic carbocycles. The number of nitrogens with one attached hydrogen (secondary N) is 2. The predicted octanol–water partition coefficient (Wildman–Crippen LogP) is 2.57. The van der Waals surface area contributed by atoms with Crippen molar-refractivity contribution in [3.05, 3.63) is 65.6 Å². The maximum Gasteiger partial charge on any atom is 0.322 e. The molecule has 9 heteroatoms. The number of carboxylic acids is 1. The van der Waals surface area contributed by atoms with E-state index in [2.05, 4.69) is 15.7 Å². The Morgan fingerprint density at radius 1 is 1.12 bits per heavy atom. The van der Waals surface area contributed by atoms with Crippen molar-refractivity contribution >= 4 is 28.7 Å². The number of carbonyl (C=O) groups excluding carboxylic acids is 2. The van der Waals surface area contributed by atoms with Gasteiger partial charge in [-0.3, -0.25) is 19.1 Å². The van der Waals surface area contributed by atoms with Crippen molar-refractivity contribution < 1.29 is 23.9 Å². The van der Waals surface area contributed by atoms with Gasteiger partial charge in [0.05, 0.1) is 12.1 Å². The lowest BCUT2D eigenvalue weighted by atomic mass is 9.86. The topological polar surface area (TPSA) is 113 Å². The van der Waals surface area contributed by atoms with Gasteiger partial charge in [0.25, 0.3) is 5.91 Å². The summed E-state index contributed by atoms with van der Waals surface area (Å²) in [6.07, 6.45) is 0. The second-order valence-corrected chi connectivity index (χ2v) is 8.54. The minimum absolute atomic E-state index is 0.122. The lowest BCUT2D eigenvalue weighted by Crippen LogP contribution is -2.54. The Hall–Kier alpha value is -3.75. The van der Waals surface area contributed by atoms with Gasteiger partial charge < -0.3 is 15.7 Å². The Morgan fingerprint density at radius 3 is 2.50 bits per heavy atom. The first-order valence-electron chi connectivity index (χ1n) is 10.1. The fourth-order valence-electron chi connectivity index (χ4n) is 3.36. The van der Waals surface area contributed by atoms with E-state index in [1.807, 2.05) is 6.07 Å². The van der Waals surface area contributed by atoms with Gasteiger partial charge in [-0.05, 0) is 29.2 Å². The summed E-state index contributed by atoms with van der Waals surface area (Å²) in [5, 5.41) is 18.9. The van der Waals surface area contributed by atoms with Gasteiger partial charge in [-0.25, -0.2) is 4.39 Å². The molecule has 32 heavy (non-hydrogen) atoms. The summed E-state index contributed by atoms with van der Waals surface area (Å²) in [5.74, 6) is -2.71. The SMILES string of the molecule is CC(C)(C)C(NC(=O)c1nn(Cc2cccc(F)c2)c2ccccc12)C(=O)NCC(=O)O. The molecule has 0 bridgehead atoms. The van der Waals surface area contributed by atoms with Gasteiger partial charge in [-0.2, -0.15) is 5.10 Å². The van der Waals surface area contributed by atoms with Crippen molar-refractivity contribution in [1.82, 2.24) is 20.4 Å². The van der Waals surface area contributed by atoms with E-state index in [9.17, 15) is 18.8 Å². The zero-order valence-electron chi connectivity index (χ0n) is 18.1. The van der Waals surface area contributed by atoms with Crippen LogP contribution in [0.5, 0.6) is 0 Å². The molecule has 1 unspecified atom stereocenters. The van der Waals surface area contributed by atoms with Gasteiger partial charge >= 0.3 is 5.97 Å². The van der Waals surface area contributed by atoms with Crippen LogP contribution >= 0.6 is 0 Å². The highest BCUT2D eigenvalue weighted by Crippen LogP contribution is 2.23. The van der Waals surface area contributed by atoms with Crippen LogP contribution in [0.2, 0.25) is 0 Å². The molecule has 2 amide bonds. The van der Waals surface area contributed by atoms with Crippen molar-refractivity contribution in [1.29, 1.82) is 0 Å². The van der Waals surface area contributed by atoms with Crippen LogP contribution in [0.25, 0.3) is 10.9 Å². The second-order valence-electron chi connectivity index (χ2n) is 8.54. The van der Waals surface area contributed by atoms with E-state index in [4.69, 9.17) is 5.11 Å². The van der Waals surface area contributed by atoms with E-state index >= 15 is 0 Å². The molecule has 3 aromatic rings. The fraction of sp³-hybridized carbons (Fsp3) is 0.304. The lowest BCUT2D eigenvalue weighted by Gasteiger charge is -2.30. The van der Waals surface area contributed by atoms with E-state index in [0.717, 1.165) is 0 Å². The largest absolute Gasteiger partial charge is 0.480 e. The van der Waals surface area contributed by atoms with Gasteiger partial charge in [-0.15, -0.1) is 0 Å². The van der Waals surface area contributed by atoms with Crippen LogP contribution in [0, 0.1) is 11.2 Å². The smallest absolute Gasteiger partial charge is 0.322 e.